The lowest BCUT2D eigenvalue weighted by atomic mass is 9.51. The van der Waals surface area contributed by atoms with Crippen LogP contribution < -0.4 is 4.74 Å². The molecule has 37 heavy (non-hydrogen) atoms. The van der Waals surface area contributed by atoms with E-state index in [1.807, 2.05) is 29.7 Å². The van der Waals surface area contributed by atoms with Crippen molar-refractivity contribution < 1.29 is 14.6 Å². The molecule has 1 saturated carbocycles. The van der Waals surface area contributed by atoms with Crippen LogP contribution in [-0.2, 0) is 16.6 Å². The van der Waals surface area contributed by atoms with Crippen molar-refractivity contribution >= 4 is 39.2 Å². The van der Waals surface area contributed by atoms with Crippen molar-refractivity contribution in [2.45, 2.75) is 63.1 Å². The Morgan fingerprint density at radius 2 is 2.24 bits per heavy atom. The molecule has 0 radical (unpaired) electrons. The van der Waals surface area contributed by atoms with E-state index >= 15 is 0 Å². The maximum Gasteiger partial charge on any atom is 0.246 e. The number of carbonyl (C=O) groups excluding carboxylic acids is 1. The monoisotopic (exact) mass is 582 g/mol. The van der Waals surface area contributed by atoms with Crippen molar-refractivity contribution in [1.82, 2.24) is 9.80 Å². The number of benzene rings is 1. The van der Waals surface area contributed by atoms with Gasteiger partial charge in [-0.25, -0.2) is 0 Å². The van der Waals surface area contributed by atoms with Crippen LogP contribution in [0.3, 0.4) is 0 Å². The number of aromatic hydroxyl groups is 1. The molecule has 1 N–H and O–H groups in total. The number of phenolic OH excluding ortho intramolecular Hbond substituents is 1. The van der Waals surface area contributed by atoms with Crippen LogP contribution in [0.15, 0.2) is 46.8 Å². The van der Waals surface area contributed by atoms with Gasteiger partial charge in [0.2, 0.25) is 5.91 Å². The van der Waals surface area contributed by atoms with Gasteiger partial charge in [-0.15, -0.1) is 17.9 Å². The van der Waals surface area contributed by atoms with Crippen LogP contribution in [0, 0.1) is 11.8 Å². The van der Waals surface area contributed by atoms with Crippen LogP contribution in [0.5, 0.6) is 11.5 Å². The largest absolute Gasteiger partial charge is 0.508 e. The van der Waals surface area contributed by atoms with Crippen LogP contribution in [0.4, 0.5) is 0 Å². The van der Waals surface area contributed by atoms with Gasteiger partial charge in [-0.2, -0.15) is 0 Å². The van der Waals surface area contributed by atoms with E-state index in [0.717, 1.165) is 59.4 Å². The highest BCUT2D eigenvalue weighted by Crippen LogP contribution is 2.63. The molecule has 3 heterocycles. The van der Waals surface area contributed by atoms with Crippen molar-refractivity contribution in [3.63, 3.8) is 0 Å². The van der Waals surface area contributed by atoms with E-state index in [1.54, 1.807) is 23.5 Å². The van der Waals surface area contributed by atoms with Crippen molar-refractivity contribution in [3.05, 3.63) is 62.8 Å². The first-order valence-electron chi connectivity index (χ1n) is 13.4. The molecule has 5 atom stereocenters. The number of carbonyl (C=O) groups is 1. The zero-order chi connectivity index (χ0) is 25.9. The number of hydrogen-bond acceptors (Lipinski definition) is 5. The molecule has 5 nitrogen and oxygen atoms in total. The Balaban J connectivity index is 1.39. The van der Waals surface area contributed by atoms with E-state index < -0.39 is 0 Å². The molecule has 4 aliphatic rings. The van der Waals surface area contributed by atoms with Gasteiger partial charge >= 0.3 is 0 Å². The second-order valence-electron chi connectivity index (χ2n) is 11.5. The van der Waals surface area contributed by atoms with E-state index in [4.69, 9.17) is 4.74 Å². The third-order valence-electron chi connectivity index (χ3n) is 9.01. The van der Waals surface area contributed by atoms with Crippen LogP contribution in [0.2, 0.25) is 0 Å². The van der Waals surface area contributed by atoms with Crippen LogP contribution >= 0.6 is 27.3 Å². The normalized spacial score (nSPS) is 29.8. The van der Waals surface area contributed by atoms with Crippen molar-refractivity contribution in [3.8, 4) is 11.5 Å². The molecule has 1 aromatic carbocycles. The highest BCUT2D eigenvalue weighted by atomic mass is 79.9. The van der Waals surface area contributed by atoms with Crippen molar-refractivity contribution in [2.75, 3.05) is 19.6 Å². The SMILES string of the molecule is C=CCN1CC[C@@]23c4c5ccc(O)c4C[C@@H]1[C@@H]2CC[C@H](N(CC(C)C)C(=O)/C=C/c1cc(Br)cs1)[C@@H]3O5. The van der Waals surface area contributed by atoms with Gasteiger partial charge < -0.3 is 14.7 Å². The topological polar surface area (TPSA) is 53.0 Å². The predicted octanol–water partition coefficient (Wildman–Crippen LogP) is 6.01. The minimum Gasteiger partial charge on any atom is -0.508 e. The van der Waals surface area contributed by atoms with Crippen LogP contribution in [0.25, 0.3) is 6.08 Å². The van der Waals surface area contributed by atoms with Gasteiger partial charge in [-0.3, -0.25) is 9.69 Å². The molecule has 2 fully saturated rings. The zero-order valence-electron chi connectivity index (χ0n) is 21.5. The summed E-state index contributed by atoms with van der Waals surface area (Å²) in [5.74, 6) is 2.15. The Hall–Kier alpha value is -2.09. The van der Waals surface area contributed by atoms with E-state index in [2.05, 4.69) is 46.2 Å². The Bertz CT molecular complexity index is 1260. The molecule has 2 aliphatic carbocycles. The lowest BCUT2D eigenvalue weighted by Gasteiger charge is -2.60. The number of ether oxygens (including phenoxy) is 1. The minimum atomic E-state index is -0.162. The maximum absolute atomic E-state index is 13.8. The molecule has 2 aromatic rings. The first-order chi connectivity index (χ1) is 17.8. The number of phenols is 1. The summed E-state index contributed by atoms with van der Waals surface area (Å²) in [6.07, 6.45) is 9.39. The molecule has 1 amide bonds. The maximum atomic E-state index is 13.8. The number of nitrogens with zero attached hydrogens (tertiary/aromatic N) is 2. The van der Waals surface area contributed by atoms with E-state index in [1.165, 1.54) is 5.56 Å². The minimum absolute atomic E-state index is 0.00188. The van der Waals surface area contributed by atoms with E-state index in [0.29, 0.717) is 30.2 Å². The molecule has 0 unspecified atom stereocenters. The first kappa shape index (κ1) is 25.2. The summed E-state index contributed by atoms with van der Waals surface area (Å²) in [7, 11) is 0. The Labute approximate surface area is 231 Å². The average Bonchev–Trinajstić information content (AvgIpc) is 3.44. The molecule has 1 saturated heterocycles. The molecular weight excluding hydrogens is 548 g/mol. The van der Waals surface area contributed by atoms with Gasteiger partial charge in [0.05, 0.1) is 6.04 Å². The third kappa shape index (κ3) is 4.00. The fraction of sp³-hybridized carbons (Fsp3) is 0.500. The first-order valence-corrected chi connectivity index (χ1v) is 15.1. The molecule has 7 heteroatoms. The Kier molecular flexibility index (Phi) is 6.53. The van der Waals surface area contributed by atoms with Crippen LogP contribution in [0.1, 0.15) is 49.1 Å². The fourth-order valence-corrected chi connectivity index (χ4v) is 9.11. The van der Waals surface area contributed by atoms with Gasteiger partial charge in [-0.05, 0) is 84.3 Å². The quantitative estimate of drug-likeness (QED) is 0.321. The highest BCUT2D eigenvalue weighted by molar-refractivity contribution is 9.10. The second kappa shape index (κ2) is 9.58. The van der Waals surface area contributed by atoms with Gasteiger partial charge in [0.25, 0.3) is 0 Å². The Morgan fingerprint density at radius 1 is 1.41 bits per heavy atom. The van der Waals surface area contributed by atoms with Crippen molar-refractivity contribution in [2.24, 2.45) is 11.8 Å². The van der Waals surface area contributed by atoms with Gasteiger partial charge in [0.1, 0.15) is 17.6 Å². The highest BCUT2D eigenvalue weighted by Gasteiger charge is 2.66. The molecule has 196 valence electrons. The van der Waals surface area contributed by atoms with E-state index in [-0.39, 0.29) is 23.5 Å². The number of piperidine rings is 1. The molecule has 2 bridgehead atoms. The average molecular weight is 584 g/mol. The van der Waals surface area contributed by atoms with E-state index in [9.17, 15) is 9.90 Å². The summed E-state index contributed by atoms with van der Waals surface area (Å²) in [4.78, 5) is 19.5. The lowest BCUT2D eigenvalue weighted by Crippen LogP contribution is -2.69. The number of likely N-dealkylation sites (tertiary alicyclic amines) is 1. The summed E-state index contributed by atoms with van der Waals surface area (Å²) >= 11 is 5.13. The number of amides is 1. The van der Waals surface area contributed by atoms with Crippen LogP contribution in [-0.4, -0.2) is 58.6 Å². The number of rotatable bonds is 7. The molecule has 6 rings (SSSR count). The van der Waals surface area contributed by atoms with Gasteiger partial charge in [0, 0.05) is 56.5 Å². The fourth-order valence-electron chi connectivity index (χ4n) is 7.77. The summed E-state index contributed by atoms with van der Waals surface area (Å²) in [6.45, 7) is 10.9. The van der Waals surface area contributed by atoms with Crippen molar-refractivity contribution in [1.29, 1.82) is 0 Å². The standard InChI is InChI=1S/C30H35BrN2O3S/c1-4-12-32-13-11-30-22-6-7-23(29(30)36-26-9-8-25(34)21(28(26)30)15-24(22)32)33(16-18(2)3)27(35)10-5-20-14-19(31)17-37-20/h4-5,8-10,14,17-18,22-24,29,34H,1,6-7,11-13,15-16H2,2-3H3/b10-5+/t22-,23-,24+,29-,30-/m0/s1. The molecular formula is C30H35BrN2O3S. The summed E-state index contributed by atoms with van der Waals surface area (Å²) < 4.78 is 7.88. The predicted molar refractivity (Wildman–Crippen MR) is 152 cm³/mol. The molecule has 1 spiro atoms. The second-order valence-corrected chi connectivity index (χ2v) is 13.3. The number of thiophene rings is 1. The van der Waals surface area contributed by atoms with Gasteiger partial charge in [0.15, 0.2) is 0 Å². The summed E-state index contributed by atoms with van der Waals surface area (Å²) in [5.41, 5.74) is 2.13. The summed E-state index contributed by atoms with van der Waals surface area (Å²) in [5, 5.41) is 13.0. The summed E-state index contributed by atoms with van der Waals surface area (Å²) in [6, 6.07) is 6.14. The smallest absolute Gasteiger partial charge is 0.246 e. The molecule has 2 aliphatic heterocycles. The number of hydrogen-bond donors (Lipinski definition) is 1. The Morgan fingerprint density at radius 3 is 2.97 bits per heavy atom. The molecule has 1 aromatic heterocycles. The number of halogens is 1. The zero-order valence-corrected chi connectivity index (χ0v) is 23.9. The van der Waals surface area contributed by atoms with Gasteiger partial charge in [-0.1, -0.05) is 19.9 Å². The third-order valence-corrected chi connectivity index (χ3v) is 10.7. The lowest BCUT2D eigenvalue weighted by molar-refractivity contribution is -0.138.